The molecule has 0 aromatic carbocycles. The van der Waals surface area contributed by atoms with Crippen LogP contribution in [0, 0.1) is 10.8 Å². The summed E-state index contributed by atoms with van der Waals surface area (Å²) in [5.74, 6) is -0.944. The predicted molar refractivity (Wildman–Crippen MR) is 90.2 cm³/mol. The Morgan fingerprint density at radius 1 is 0.909 bits per heavy atom. The lowest BCUT2D eigenvalue weighted by Crippen LogP contribution is -2.44. The van der Waals surface area contributed by atoms with Gasteiger partial charge in [-0.2, -0.15) is 0 Å². The minimum atomic E-state index is -0.944. The quantitative estimate of drug-likeness (QED) is 0.680. The highest BCUT2D eigenvalue weighted by Gasteiger charge is 2.40. The summed E-state index contributed by atoms with van der Waals surface area (Å²) >= 11 is 0. The minimum Gasteiger partial charge on any atom is -0.480 e. The molecule has 132 valence electrons. The Balaban J connectivity index is 4.52. The molecular weight excluding hydrogens is 280 g/mol. The maximum atomic E-state index is 10.6. The molecule has 0 aromatic heterocycles. The fraction of sp³-hybridized carbons (Fsp3) is 0.944. The molecule has 0 aliphatic rings. The van der Waals surface area contributed by atoms with E-state index in [1.807, 2.05) is 13.8 Å². The smallest absolute Gasteiger partial charge is 0.329 e. The first-order chi connectivity index (χ1) is 9.58. The van der Waals surface area contributed by atoms with E-state index in [0.29, 0.717) is 13.0 Å². The van der Waals surface area contributed by atoms with Gasteiger partial charge in [-0.15, -0.1) is 0 Å². The Hall–Kier alpha value is -0.610. The summed E-state index contributed by atoms with van der Waals surface area (Å²) in [6, 6.07) is 0. The first-order valence-electron chi connectivity index (χ1n) is 8.08. The van der Waals surface area contributed by atoms with Crippen LogP contribution in [0.5, 0.6) is 0 Å². The van der Waals surface area contributed by atoms with Crippen LogP contribution in [0.1, 0.15) is 75.2 Å². The third kappa shape index (κ3) is 8.14. The van der Waals surface area contributed by atoms with Gasteiger partial charge < -0.3 is 14.6 Å². The van der Waals surface area contributed by atoms with E-state index < -0.39 is 11.6 Å². The van der Waals surface area contributed by atoms with Gasteiger partial charge in [0.05, 0.1) is 17.8 Å². The standard InChI is InChI=1S/C18H36O4/c1-15(2,3)13-16(4,5)18(8,9)21-11-10-17(6,7)22-12-14(19)20/h10-13H2,1-9H3,(H,19,20). The molecule has 0 bridgehead atoms. The van der Waals surface area contributed by atoms with E-state index in [4.69, 9.17) is 14.6 Å². The third-order valence-electron chi connectivity index (χ3n) is 4.36. The van der Waals surface area contributed by atoms with E-state index in [9.17, 15) is 4.79 Å². The number of ether oxygens (including phenoxy) is 2. The summed E-state index contributed by atoms with van der Waals surface area (Å²) in [6.07, 6.45) is 1.72. The highest BCUT2D eigenvalue weighted by Crippen LogP contribution is 2.43. The van der Waals surface area contributed by atoms with Gasteiger partial charge in [0.25, 0.3) is 0 Å². The molecule has 0 saturated carbocycles. The zero-order valence-corrected chi connectivity index (χ0v) is 16.0. The largest absolute Gasteiger partial charge is 0.480 e. The number of carboxylic acids is 1. The molecular formula is C18H36O4. The van der Waals surface area contributed by atoms with E-state index in [0.717, 1.165) is 6.42 Å². The maximum absolute atomic E-state index is 10.6. The van der Waals surface area contributed by atoms with Crippen molar-refractivity contribution in [1.82, 2.24) is 0 Å². The Labute approximate surface area is 136 Å². The number of carboxylic acid groups (broad SMARTS) is 1. The second-order valence-electron chi connectivity index (χ2n) is 9.17. The van der Waals surface area contributed by atoms with E-state index in [-0.39, 0.29) is 23.0 Å². The highest BCUT2D eigenvalue weighted by molar-refractivity contribution is 5.68. The van der Waals surface area contributed by atoms with Crippen LogP contribution < -0.4 is 0 Å². The topological polar surface area (TPSA) is 55.8 Å². The maximum Gasteiger partial charge on any atom is 0.329 e. The normalized spacial score (nSPS) is 14.2. The van der Waals surface area contributed by atoms with Gasteiger partial charge in [0, 0.05) is 0 Å². The average molecular weight is 316 g/mol. The van der Waals surface area contributed by atoms with Crippen LogP contribution in [0.3, 0.4) is 0 Å². The average Bonchev–Trinajstić information content (AvgIpc) is 2.22. The molecule has 0 spiro atoms. The lowest BCUT2D eigenvalue weighted by atomic mass is 9.67. The van der Waals surface area contributed by atoms with Crippen molar-refractivity contribution < 1.29 is 19.4 Å². The Bertz CT molecular complexity index is 362. The Kier molecular flexibility index (Phi) is 7.10. The molecule has 4 nitrogen and oxygen atoms in total. The minimum absolute atomic E-state index is 0.0390. The molecule has 4 heteroatoms. The zero-order valence-electron chi connectivity index (χ0n) is 16.0. The molecule has 22 heavy (non-hydrogen) atoms. The highest BCUT2D eigenvalue weighted by atomic mass is 16.5. The summed E-state index contributed by atoms with van der Waals surface area (Å²) in [6.45, 7) is 19.5. The molecule has 0 rings (SSSR count). The van der Waals surface area contributed by atoms with Gasteiger partial charge in [-0.1, -0.05) is 34.6 Å². The van der Waals surface area contributed by atoms with Gasteiger partial charge in [0.2, 0.25) is 0 Å². The number of aliphatic carboxylic acids is 1. The van der Waals surface area contributed by atoms with Gasteiger partial charge in [0.1, 0.15) is 6.61 Å². The van der Waals surface area contributed by atoms with Gasteiger partial charge >= 0.3 is 5.97 Å². The summed E-state index contributed by atoms with van der Waals surface area (Å²) in [7, 11) is 0. The molecule has 0 atom stereocenters. The summed E-state index contributed by atoms with van der Waals surface area (Å²) < 4.78 is 11.5. The summed E-state index contributed by atoms with van der Waals surface area (Å²) in [5.41, 5.74) is -0.475. The summed E-state index contributed by atoms with van der Waals surface area (Å²) in [5, 5.41) is 8.69. The van der Waals surface area contributed by atoms with Crippen LogP contribution in [0.2, 0.25) is 0 Å². The van der Waals surface area contributed by atoms with Gasteiger partial charge in [0.15, 0.2) is 0 Å². The third-order valence-corrected chi connectivity index (χ3v) is 4.36. The van der Waals surface area contributed by atoms with E-state index >= 15 is 0 Å². The van der Waals surface area contributed by atoms with Crippen LogP contribution in [0.25, 0.3) is 0 Å². The van der Waals surface area contributed by atoms with Crippen molar-refractivity contribution in [3.05, 3.63) is 0 Å². The zero-order chi connectivity index (χ0) is 17.8. The molecule has 0 aliphatic carbocycles. The number of hydrogen-bond acceptors (Lipinski definition) is 3. The fourth-order valence-electron chi connectivity index (χ4n) is 2.62. The van der Waals surface area contributed by atoms with Crippen molar-refractivity contribution in [1.29, 1.82) is 0 Å². The first-order valence-corrected chi connectivity index (χ1v) is 8.08. The second kappa shape index (κ2) is 7.31. The summed E-state index contributed by atoms with van der Waals surface area (Å²) in [4.78, 5) is 10.6. The van der Waals surface area contributed by atoms with Gasteiger partial charge in [-0.05, 0) is 51.4 Å². The molecule has 0 saturated heterocycles. The van der Waals surface area contributed by atoms with E-state index in [1.54, 1.807) is 0 Å². The molecule has 0 amide bonds. The molecule has 0 fully saturated rings. The molecule has 0 aromatic rings. The number of hydrogen-bond donors (Lipinski definition) is 1. The van der Waals surface area contributed by atoms with E-state index in [2.05, 4.69) is 48.5 Å². The lowest BCUT2D eigenvalue weighted by molar-refractivity contribution is -0.152. The fourth-order valence-corrected chi connectivity index (χ4v) is 2.62. The molecule has 0 unspecified atom stereocenters. The second-order valence-corrected chi connectivity index (χ2v) is 9.17. The molecule has 0 heterocycles. The van der Waals surface area contributed by atoms with Crippen molar-refractivity contribution in [2.45, 2.75) is 86.4 Å². The Morgan fingerprint density at radius 2 is 1.41 bits per heavy atom. The number of carbonyl (C=O) groups is 1. The SMILES string of the molecule is CC(C)(C)CC(C)(C)C(C)(C)OCCC(C)(C)OCC(=O)O. The van der Waals surface area contributed by atoms with Crippen LogP contribution in [-0.4, -0.2) is 35.5 Å². The Morgan fingerprint density at radius 3 is 1.82 bits per heavy atom. The van der Waals surface area contributed by atoms with Crippen molar-refractivity contribution in [3.63, 3.8) is 0 Å². The predicted octanol–water partition coefficient (Wildman–Crippen LogP) is 4.51. The van der Waals surface area contributed by atoms with Crippen LogP contribution in [0.15, 0.2) is 0 Å². The van der Waals surface area contributed by atoms with Gasteiger partial charge in [-0.25, -0.2) is 4.79 Å². The van der Waals surface area contributed by atoms with Crippen molar-refractivity contribution in [2.75, 3.05) is 13.2 Å². The van der Waals surface area contributed by atoms with Gasteiger partial charge in [-0.3, -0.25) is 0 Å². The molecule has 0 radical (unpaired) electrons. The first kappa shape index (κ1) is 21.4. The van der Waals surface area contributed by atoms with Crippen molar-refractivity contribution >= 4 is 5.97 Å². The van der Waals surface area contributed by atoms with Crippen LogP contribution in [-0.2, 0) is 14.3 Å². The van der Waals surface area contributed by atoms with E-state index in [1.165, 1.54) is 0 Å². The molecule has 0 aliphatic heterocycles. The number of rotatable bonds is 9. The van der Waals surface area contributed by atoms with Crippen molar-refractivity contribution in [2.24, 2.45) is 10.8 Å². The monoisotopic (exact) mass is 316 g/mol. The lowest BCUT2D eigenvalue weighted by Gasteiger charge is -2.45. The van der Waals surface area contributed by atoms with Crippen LogP contribution >= 0.6 is 0 Å². The van der Waals surface area contributed by atoms with Crippen LogP contribution in [0.4, 0.5) is 0 Å². The van der Waals surface area contributed by atoms with Crippen molar-refractivity contribution in [3.8, 4) is 0 Å². The molecule has 1 N–H and O–H groups in total.